The molecule has 3 amide bonds. The van der Waals surface area contributed by atoms with E-state index in [0.29, 0.717) is 13.1 Å². The van der Waals surface area contributed by atoms with Gasteiger partial charge in [0.25, 0.3) is 0 Å². The number of urea groups is 1. The van der Waals surface area contributed by atoms with Gasteiger partial charge in [-0.3, -0.25) is 4.79 Å². The molecule has 0 atom stereocenters. The van der Waals surface area contributed by atoms with Gasteiger partial charge in [0.1, 0.15) is 5.75 Å². The number of para-hydroxylation sites is 2. The predicted molar refractivity (Wildman–Crippen MR) is 110 cm³/mol. The molecule has 0 aromatic heterocycles. The first-order valence-corrected chi connectivity index (χ1v) is 9.38. The van der Waals surface area contributed by atoms with Crippen molar-refractivity contribution in [3.63, 3.8) is 0 Å². The molecular weight excluding hydrogens is 354 g/mol. The van der Waals surface area contributed by atoms with Gasteiger partial charge in [-0.05, 0) is 37.1 Å². The maximum Gasteiger partial charge on any atom is 0.321 e. The Kier molecular flexibility index (Phi) is 6.68. The van der Waals surface area contributed by atoms with Crippen LogP contribution < -0.4 is 15.4 Å². The molecule has 3 rings (SSSR count). The minimum Gasteiger partial charge on any atom is -0.496 e. The zero-order valence-corrected chi connectivity index (χ0v) is 15.9. The van der Waals surface area contributed by atoms with Crippen LogP contribution in [0.5, 0.6) is 5.75 Å². The highest BCUT2D eigenvalue weighted by Crippen LogP contribution is 2.18. The van der Waals surface area contributed by atoms with Crippen molar-refractivity contribution in [3.05, 3.63) is 66.2 Å². The Balaban J connectivity index is 1.45. The van der Waals surface area contributed by atoms with Crippen molar-refractivity contribution in [2.24, 2.45) is 0 Å². The van der Waals surface area contributed by atoms with Gasteiger partial charge in [-0.1, -0.05) is 36.4 Å². The van der Waals surface area contributed by atoms with Crippen molar-refractivity contribution in [3.8, 4) is 5.75 Å². The summed E-state index contributed by atoms with van der Waals surface area (Å²) in [6.07, 6.45) is 4.73. The van der Waals surface area contributed by atoms with Crippen LogP contribution in [0, 0.1) is 0 Å². The van der Waals surface area contributed by atoms with Crippen LogP contribution in [0.15, 0.2) is 60.7 Å². The number of ether oxygens (including phenoxy) is 1. The molecule has 0 saturated carbocycles. The fourth-order valence-corrected chi connectivity index (χ4v) is 3.17. The average molecular weight is 379 g/mol. The third kappa shape index (κ3) is 5.36. The van der Waals surface area contributed by atoms with E-state index in [1.165, 1.54) is 6.08 Å². The smallest absolute Gasteiger partial charge is 0.321 e. The lowest BCUT2D eigenvalue weighted by Gasteiger charge is -2.32. The molecule has 0 spiro atoms. The van der Waals surface area contributed by atoms with Crippen LogP contribution in [-0.4, -0.2) is 43.1 Å². The molecule has 1 fully saturated rings. The van der Waals surface area contributed by atoms with Gasteiger partial charge in [-0.15, -0.1) is 0 Å². The molecule has 6 heteroatoms. The number of piperidine rings is 1. The van der Waals surface area contributed by atoms with Crippen molar-refractivity contribution in [1.82, 2.24) is 10.2 Å². The SMILES string of the molecule is COc1ccccc1/C=C/C(=O)NC1CCN(C(=O)Nc2ccccc2)CC1. The first kappa shape index (κ1) is 19.5. The van der Waals surface area contributed by atoms with Gasteiger partial charge < -0.3 is 20.3 Å². The molecule has 6 nitrogen and oxygen atoms in total. The van der Waals surface area contributed by atoms with Gasteiger partial charge in [0.2, 0.25) is 5.91 Å². The van der Waals surface area contributed by atoms with E-state index in [0.717, 1.165) is 29.8 Å². The summed E-state index contributed by atoms with van der Waals surface area (Å²) in [5.41, 5.74) is 1.64. The van der Waals surface area contributed by atoms with E-state index in [1.807, 2.05) is 54.6 Å². The molecule has 1 aliphatic rings. The van der Waals surface area contributed by atoms with E-state index in [4.69, 9.17) is 4.74 Å². The highest BCUT2D eigenvalue weighted by atomic mass is 16.5. The lowest BCUT2D eigenvalue weighted by molar-refractivity contribution is -0.117. The van der Waals surface area contributed by atoms with E-state index in [-0.39, 0.29) is 18.0 Å². The second-order valence-electron chi connectivity index (χ2n) is 6.64. The fraction of sp³-hybridized carbons (Fsp3) is 0.273. The average Bonchev–Trinajstić information content (AvgIpc) is 2.73. The highest BCUT2D eigenvalue weighted by molar-refractivity contribution is 5.92. The fourth-order valence-electron chi connectivity index (χ4n) is 3.17. The topological polar surface area (TPSA) is 70.7 Å². The van der Waals surface area contributed by atoms with Gasteiger partial charge in [-0.2, -0.15) is 0 Å². The number of carbonyl (C=O) groups is 2. The molecule has 1 saturated heterocycles. The van der Waals surface area contributed by atoms with E-state index in [2.05, 4.69) is 10.6 Å². The number of carbonyl (C=O) groups excluding carboxylic acids is 2. The first-order chi connectivity index (χ1) is 13.7. The van der Waals surface area contributed by atoms with Crippen molar-refractivity contribution in [2.45, 2.75) is 18.9 Å². The van der Waals surface area contributed by atoms with Gasteiger partial charge in [0.15, 0.2) is 0 Å². The van der Waals surface area contributed by atoms with E-state index >= 15 is 0 Å². The molecule has 0 radical (unpaired) electrons. The third-order valence-corrected chi connectivity index (χ3v) is 4.71. The molecule has 0 bridgehead atoms. The van der Waals surface area contributed by atoms with Gasteiger partial charge in [0.05, 0.1) is 7.11 Å². The summed E-state index contributed by atoms with van der Waals surface area (Å²) in [6, 6.07) is 16.9. The zero-order chi connectivity index (χ0) is 19.8. The molecule has 0 aliphatic carbocycles. The summed E-state index contributed by atoms with van der Waals surface area (Å²) >= 11 is 0. The molecule has 2 aromatic rings. The van der Waals surface area contributed by atoms with Gasteiger partial charge >= 0.3 is 6.03 Å². The Morgan fingerprint density at radius 2 is 1.71 bits per heavy atom. The molecule has 1 heterocycles. The molecule has 2 aromatic carbocycles. The van der Waals surface area contributed by atoms with Crippen molar-refractivity contribution in [2.75, 3.05) is 25.5 Å². The van der Waals surface area contributed by atoms with Crippen LogP contribution in [0.25, 0.3) is 6.08 Å². The predicted octanol–water partition coefficient (Wildman–Crippen LogP) is 3.52. The number of amides is 3. The highest BCUT2D eigenvalue weighted by Gasteiger charge is 2.23. The number of rotatable bonds is 5. The number of hydrogen-bond acceptors (Lipinski definition) is 3. The quantitative estimate of drug-likeness (QED) is 0.781. The minimum atomic E-state index is -0.141. The molecule has 1 aliphatic heterocycles. The molecule has 28 heavy (non-hydrogen) atoms. The third-order valence-electron chi connectivity index (χ3n) is 4.71. The molecular formula is C22H25N3O3. The summed E-state index contributed by atoms with van der Waals surface area (Å²) in [6.45, 7) is 1.22. The summed E-state index contributed by atoms with van der Waals surface area (Å²) in [7, 11) is 1.61. The Bertz CT molecular complexity index is 828. The van der Waals surface area contributed by atoms with Crippen molar-refractivity contribution in [1.29, 1.82) is 0 Å². The first-order valence-electron chi connectivity index (χ1n) is 9.38. The summed E-state index contributed by atoms with van der Waals surface area (Å²) in [5.74, 6) is 0.586. The molecule has 0 unspecified atom stereocenters. The number of anilines is 1. The standard InChI is InChI=1S/C22H25N3O3/c1-28-20-10-6-5-7-17(20)11-12-21(26)23-19-13-15-25(16-14-19)22(27)24-18-8-3-2-4-9-18/h2-12,19H,13-16H2,1H3,(H,23,26)(H,24,27)/b12-11+. The Morgan fingerprint density at radius 3 is 2.43 bits per heavy atom. The maximum atomic E-state index is 12.3. The number of nitrogens with one attached hydrogen (secondary N) is 2. The van der Waals surface area contributed by atoms with Crippen molar-refractivity contribution < 1.29 is 14.3 Å². The monoisotopic (exact) mass is 379 g/mol. The minimum absolute atomic E-state index is 0.0654. The molecule has 2 N–H and O–H groups in total. The molecule has 146 valence electrons. The van der Waals surface area contributed by atoms with Gasteiger partial charge in [0, 0.05) is 36.5 Å². The Labute approximate surface area is 165 Å². The number of nitrogens with zero attached hydrogens (tertiary/aromatic N) is 1. The van der Waals surface area contributed by atoms with Crippen LogP contribution in [0.4, 0.5) is 10.5 Å². The number of benzene rings is 2. The van der Waals surface area contributed by atoms with Crippen LogP contribution in [-0.2, 0) is 4.79 Å². The lowest BCUT2D eigenvalue weighted by Crippen LogP contribution is -2.47. The van der Waals surface area contributed by atoms with Crippen LogP contribution in [0.3, 0.4) is 0 Å². The largest absolute Gasteiger partial charge is 0.496 e. The van der Waals surface area contributed by atoms with E-state index in [1.54, 1.807) is 18.1 Å². The lowest BCUT2D eigenvalue weighted by atomic mass is 10.1. The normalized spacial score (nSPS) is 14.7. The number of likely N-dealkylation sites (tertiary alicyclic amines) is 1. The second kappa shape index (κ2) is 9.60. The number of methoxy groups -OCH3 is 1. The maximum absolute atomic E-state index is 12.3. The van der Waals surface area contributed by atoms with Gasteiger partial charge in [-0.25, -0.2) is 4.79 Å². The number of hydrogen-bond donors (Lipinski definition) is 2. The Morgan fingerprint density at radius 1 is 1.04 bits per heavy atom. The Hall–Kier alpha value is -3.28. The van der Waals surface area contributed by atoms with E-state index < -0.39 is 0 Å². The van der Waals surface area contributed by atoms with E-state index in [9.17, 15) is 9.59 Å². The summed E-state index contributed by atoms with van der Waals surface area (Å²) in [4.78, 5) is 26.3. The second-order valence-corrected chi connectivity index (χ2v) is 6.64. The zero-order valence-electron chi connectivity index (χ0n) is 15.9. The summed E-state index contributed by atoms with van der Waals surface area (Å²) < 4.78 is 5.28. The van der Waals surface area contributed by atoms with Crippen molar-refractivity contribution >= 4 is 23.7 Å². The van der Waals surface area contributed by atoms with Crippen LogP contribution >= 0.6 is 0 Å². The summed E-state index contributed by atoms with van der Waals surface area (Å²) in [5, 5.41) is 5.90. The van der Waals surface area contributed by atoms with Crippen LogP contribution in [0.1, 0.15) is 18.4 Å². The van der Waals surface area contributed by atoms with Crippen LogP contribution in [0.2, 0.25) is 0 Å².